The molecule has 5 aromatic rings. The second kappa shape index (κ2) is 17.8. The predicted octanol–water partition coefficient (Wildman–Crippen LogP) is 9.11. The van der Waals surface area contributed by atoms with Crippen molar-refractivity contribution in [2.45, 2.75) is 91.3 Å². The average molecular weight is 824 g/mol. The van der Waals surface area contributed by atoms with Crippen LogP contribution in [-0.4, -0.2) is 6.15 Å². The van der Waals surface area contributed by atoms with Crippen LogP contribution in [0.4, 0.5) is 0 Å². The summed E-state index contributed by atoms with van der Waals surface area (Å²) in [5, 5.41) is 2.27. The van der Waals surface area contributed by atoms with Gasteiger partial charge in [-0.2, -0.15) is 22.7 Å². The van der Waals surface area contributed by atoms with E-state index in [9.17, 15) is 0 Å². The Morgan fingerprint density at radius 1 is 0.449 bits per heavy atom. The minimum atomic E-state index is -1.15. The van der Waals surface area contributed by atoms with E-state index in [1.165, 1.54) is 60.3 Å². The predicted molar refractivity (Wildman–Crippen MR) is 216 cm³/mol. The molecule has 0 nitrogen and oxygen atoms in total. The van der Waals surface area contributed by atoms with Crippen LogP contribution in [0.2, 0.25) is 21.4 Å². The van der Waals surface area contributed by atoms with Crippen molar-refractivity contribution in [2.24, 2.45) is 0 Å². The van der Waals surface area contributed by atoms with Gasteiger partial charge in [0.2, 0.25) is 0 Å². The first-order valence-corrected chi connectivity index (χ1v) is 20.8. The lowest BCUT2D eigenvalue weighted by Gasteiger charge is -2.43. The van der Waals surface area contributed by atoms with Crippen LogP contribution < -0.4 is 37.6 Å². The van der Waals surface area contributed by atoms with Crippen LogP contribution in [0.3, 0.4) is 0 Å². The first kappa shape index (κ1) is 39.5. The molecule has 0 aliphatic rings. The van der Waals surface area contributed by atoms with Gasteiger partial charge >= 0.3 is 21.2 Å². The Labute approximate surface area is 322 Å². The summed E-state index contributed by atoms with van der Waals surface area (Å²) in [6.07, 6.45) is 4.81. The van der Waals surface area contributed by atoms with E-state index in [2.05, 4.69) is 133 Å². The van der Waals surface area contributed by atoms with E-state index in [1.54, 1.807) is 0 Å². The Bertz CT molecular complexity index is 1550. The van der Waals surface area contributed by atoms with Crippen LogP contribution in [0.1, 0.15) is 85.3 Å². The summed E-state index contributed by atoms with van der Waals surface area (Å²) in [4.78, 5) is 0. The molecule has 0 amide bonds. The van der Waals surface area contributed by atoms with Crippen LogP contribution in [0.25, 0.3) is 0 Å². The summed E-state index contributed by atoms with van der Waals surface area (Å²) < 4.78 is 2.98. The molecular formula is C44H51BCl3I. The maximum Gasteiger partial charge on any atom is 0.357 e. The normalized spacial score (nSPS) is 12.0. The molecule has 258 valence electrons. The molecule has 0 saturated carbocycles. The summed E-state index contributed by atoms with van der Waals surface area (Å²) in [7, 11) is 0. The quantitative estimate of drug-likeness (QED) is 0.0750. The molecule has 5 rings (SSSR count). The summed E-state index contributed by atoms with van der Waals surface area (Å²) in [6.45, 7) is 15.8. The minimum Gasteiger partial charge on any atom is -0.200 e. The zero-order chi connectivity index (χ0) is 35.7. The second-order valence-electron chi connectivity index (χ2n) is 15.2. The summed E-state index contributed by atoms with van der Waals surface area (Å²) in [5.41, 5.74) is 7.20. The molecule has 0 spiro atoms. The Kier molecular flexibility index (Phi) is 14.4. The molecule has 0 saturated heterocycles. The van der Waals surface area contributed by atoms with Crippen LogP contribution in [0.5, 0.6) is 0 Å². The molecule has 0 atom stereocenters. The number of unbranched alkanes of at least 4 members (excludes halogenated alkanes) is 3. The van der Waals surface area contributed by atoms with Gasteiger partial charge in [0.05, 0.1) is 6.15 Å². The van der Waals surface area contributed by atoms with Gasteiger partial charge < -0.3 is 0 Å². The number of hydrogen-bond donors (Lipinski definition) is 0. The molecule has 0 aliphatic heterocycles. The van der Waals surface area contributed by atoms with Crippen LogP contribution >= 0.6 is 34.8 Å². The van der Waals surface area contributed by atoms with Crippen LogP contribution in [-0.2, 0) is 10.8 Å². The lowest BCUT2D eigenvalue weighted by molar-refractivity contribution is -0.597. The summed E-state index contributed by atoms with van der Waals surface area (Å²) in [5.74, 6) is 0. The SMILES string of the molecule is CC(C)(C)c1ccc([I+]c2ccc(C(C)(C)C)cc2)cc1.CCCCCC[B-](c1ccc(Cl)cc1)(c1ccc(Cl)cc1)c1ccc(Cl)cc1. The maximum absolute atomic E-state index is 6.21. The molecule has 49 heavy (non-hydrogen) atoms. The fourth-order valence-electron chi connectivity index (χ4n) is 6.48. The summed E-state index contributed by atoms with van der Waals surface area (Å²) >= 11 is 18.6. The molecule has 0 N–H and O–H groups in total. The fourth-order valence-corrected chi connectivity index (χ4v) is 9.02. The molecule has 0 heterocycles. The van der Waals surface area contributed by atoms with Crippen molar-refractivity contribution in [1.29, 1.82) is 0 Å². The van der Waals surface area contributed by atoms with E-state index >= 15 is 0 Å². The number of rotatable bonds is 10. The topological polar surface area (TPSA) is 0 Å². The smallest absolute Gasteiger partial charge is 0.200 e. The van der Waals surface area contributed by atoms with Gasteiger partial charge in [-0.1, -0.05) is 170 Å². The third kappa shape index (κ3) is 11.1. The van der Waals surface area contributed by atoms with Crippen molar-refractivity contribution >= 4 is 57.3 Å². The Morgan fingerprint density at radius 3 is 1.06 bits per heavy atom. The van der Waals surface area contributed by atoms with Gasteiger partial charge in [-0.15, -0.1) is 0 Å². The van der Waals surface area contributed by atoms with E-state index in [-0.39, 0.29) is 32.0 Å². The van der Waals surface area contributed by atoms with Gasteiger partial charge in [0.25, 0.3) is 0 Å². The molecule has 0 radical (unpaired) electrons. The molecule has 0 bridgehead atoms. The van der Waals surface area contributed by atoms with Gasteiger partial charge in [-0.05, 0) is 82.6 Å². The van der Waals surface area contributed by atoms with Crippen molar-refractivity contribution in [2.75, 3.05) is 0 Å². The van der Waals surface area contributed by atoms with Crippen molar-refractivity contribution in [3.8, 4) is 0 Å². The molecule has 0 fully saturated rings. The van der Waals surface area contributed by atoms with E-state index in [1.807, 2.05) is 36.4 Å². The van der Waals surface area contributed by atoms with Crippen LogP contribution in [0.15, 0.2) is 121 Å². The number of halogens is 4. The molecule has 0 aliphatic carbocycles. The first-order chi connectivity index (χ1) is 23.2. The van der Waals surface area contributed by atoms with Crippen molar-refractivity contribution < 1.29 is 21.2 Å². The van der Waals surface area contributed by atoms with Crippen LogP contribution in [0, 0.1) is 7.14 Å². The zero-order valence-corrected chi connectivity index (χ0v) is 34.6. The van der Waals surface area contributed by atoms with E-state index in [0.29, 0.717) is 0 Å². The van der Waals surface area contributed by atoms with Gasteiger partial charge in [-0.25, -0.2) is 0 Å². The highest BCUT2D eigenvalue weighted by molar-refractivity contribution is 7.11. The van der Waals surface area contributed by atoms with Gasteiger partial charge in [0, 0.05) is 15.1 Å². The standard InChI is InChI=1S/C24H25BCl3.C20H26I/c1-2-3-4-5-18-25(19-6-12-22(26)13-7-19,20-8-14-23(27)15-9-20)21-10-16-24(28)17-11-21;1-19(2,3)15-7-11-17(12-8-15)21-18-13-9-16(10-14-18)20(4,5)6/h6-17H,2-5,18H2,1H3;7-14H,1-6H3/q-1;+1. The van der Waals surface area contributed by atoms with Gasteiger partial charge in [0.15, 0.2) is 7.14 Å². The highest BCUT2D eigenvalue weighted by Crippen LogP contribution is 2.23. The molecular weight excluding hydrogens is 773 g/mol. The maximum atomic E-state index is 6.21. The largest absolute Gasteiger partial charge is 0.357 e. The molecule has 0 unspecified atom stereocenters. The zero-order valence-electron chi connectivity index (χ0n) is 30.2. The molecule has 0 aromatic heterocycles. The van der Waals surface area contributed by atoms with Crippen molar-refractivity contribution in [1.82, 2.24) is 0 Å². The van der Waals surface area contributed by atoms with Gasteiger partial charge in [-0.3, -0.25) is 0 Å². The molecule has 5 aromatic carbocycles. The average Bonchev–Trinajstić information content (AvgIpc) is 3.06. The Hall–Kier alpha value is -2.24. The van der Waals surface area contributed by atoms with Crippen molar-refractivity contribution in [3.05, 3.63) is 155 Å². The highest BCUT2D eigenvalue weighted by atomic mass is 127. The third-order valence-corrected chi connectivity index (χ3v) is 12.9. The fraction of sp³-hybridized carbons (Fsp3) is 0.318. The number of hydrogen-bond acceptors (Lipinski definition) is 0. The lowest BCUT2D eigenvalue weighted by atomic mass is 9.14. The second-order valence-corrected chi connectivity index (χ2v) is 19.5. The van der Waals surface area contributed by atoms with E-state index in [0.717, 1.165) is 21.4 Å². The van der Waals surface area contributed by atoms with Gasteiger partial charge in [0.1, 0.15) is 0 Å². The number of benzene rings is 5. The highest BCUT2D eigenvalue weighted by Gasteiger charge is 2.29. The summed E-state index contributed by atoms with van der Waals surface area (Å²) in [6, 6.07) is 43.4. The third-order valence-electron chi connectivity index (χ3n) is 9.45. The van der Waals surface area contributed by atoms with E-state index in [4.69, 9.17) is 34.8 Å². The Morgan fingerprint density at radius 2 is 0.776 bits per heavy atom. The van der Waals surface area contributed by atoms with Crippen molar-refractivity contribution in [3.63, 3.8) is 0 Å². The van der Waals surface area contributed by atoms with E-state index < -0.39 is 6.15 Å². The Balaban J connectivity index is 0.000000230. The lowest BCUT2D eigenvalue weighted by Crippen LogP contribution is -3.61. The first-order valence-electron chi connectivity index (χ1n) is 17.5. The molecule has 5 heteroatoms. The minimum absolute atomic E-state index is 0.0703. The monoisotopic (exact) mass is 822 g/mol.